The van der Waals surface area contributed by atoms with E-state index in [1.165, 1.54) is 17.1 Å². The molecule has 134 valence electrons. The van der Waals surface area contributed by atoms with Crippen molar-refractivity contribution in [1.82, 2.24) is 4.90 Å². The van der Waals surface area contributed by atoms with Gasteiger partial charge in [-0.3, -0.25) is 4.79 Å². The molecule has 0 bridgehead atoms. The third-order valence-electron chi connectivity index (χ3n) is 3.72. The van der Waals surface area contributed by atoms with Gasteiger partial charge in [0.05, 0.1) is 25.3 Å². The van der Waals surface area contributed by atoms with Gasteiger partial charge in [-0.05, 0) is 17.7 Å². The predicted molar refractivity (Wildman–Crippen MR) is 82.1 cm³/mol. The van der Waals surface area contributed by atoms with E-state index >= 15 is 0 Å². The number of rotatable bonds is 5. The smallest absolute Gasteiger partial charge is 0.328 e. The Morgan fingerprint density at radius 3 is 2.48 bits per heavy atom. The number of carboxylic acids is 1. The van der Waals surface area contributed by atoms with Gasteiger partial charge in [-0.25, -0.2) is 18.0 Å². The van der Waals surface area contributed by atoms with Gasteiger partial charge in [0.15, 0.2) is 17.5 Å². The highest BCUT2D eigenvalue weighted by molar-refractivity contribution is 5.81. The van der Waals surface area contributed by atoms with Gasteiger partial charge < -0.3 is 14.7 Å². The van der Waals surface area contributed by atoms with Crippen molar-refractivity contribution in [2.24, 2.45) is 0 Å². The molecule has 1 fully saturated rings. The molecule has 2 atom stereocenters. The number of amides is 1. The predicted octanol–water partition coefficient (Wildman–Crippen LogP) is 2.59. The van der Waals surface area contributed by atoms with Crippen LogP contribution < -0.4 is 0 Å². The van der Waals surface area contributed by atoms with Crippen molar-refractivity contribution < 1.29 is 32.6 Å². The monoisotopic (exact) mass is 355 g/mol. The van der Waals surface area contributed by atoms with Crippen LogP contribution in [0, 0.1) is 17.5 Å². The topological polar surface area (TPSA) is 66.8 Å². The van der Waals surface area contributed by atoms with E-state index < -0.39 is 41.4 Å². The van der Waals surface area contributed by atoms with Crippen LogP contribution in [0.5, 0.6) is 0 Å². The van der Waals surface area contributed by atoms with E-state index in [-0.39, 0.29) is 25.2 Å². The minimum Gasteiger partial charge on any atom is -0.478 e. The first-order valence-electron chi connectivity index (χ1n) is 7.40. The van der Waals surface area contributed by atoms with Gasteiger partial charge in [0.1, 0.15) is 0 Å². The van der Waals surface area contributed by atoms with E-state index in [9.17, 15) is 22.8 Å². The van der Waals surface area contributed by atoms with Crippen LogP contribution in [0.25, 0.3) is 0 Å². The molecule has 1 heterocycles. The van der Waals surface area contributed by atoms with Crippen LogP contribution in [0.2, 0.25) is 0 Å². The third kappa shape index (κ3) is 4.27. The lowest BCUT2D eigenvalue weighted by Crippen LogP contribution is -2.49. The summed E-state index contributed by atoms with van der Waals surface area (Å²) in [4.78, 5) is 24.4. The van der Waals surface area contributed by atoms with E-state index in [0.717, 1.165) is 18.2 Å². The van der Waals surface area contributed by atoms with E-state index in [1.54, 1.807) is 0 Å². The van der Waals surface area contributed by atoms with Crippen molar-refractivity contribution in [2.75, 3.05) is 13.2 Å². The highest BCUT2D eigenvalue weighted by atomic mass is 19.2. The van der Waals surface area contributed by atoms with Crippen LogP contribution in [0.15, 0.2) is 36.9 Å². The lowest BCUT2D eigenvalue weighted by atomic mass is 10.0. The van der Waals surface area contributed by atoms with Gasteiger partial charge in [0.25, 0.3) is 0 Å². The molecule has 0 saturated carbocycles. The molecular weight excluding hydrogens is 339 g/mol. The first-order valence-corrected chi connectivity index (χ1v) is 7.40. The lowest BCUT2D eigenvalue weighted by molar-refractivity contribution is -0.143. The molecule has 8 heteroatoms. The largest absolute Gasteiger partial charge is 0.478 e. The van der Waals surface area contributed by atoms with Crippen molar-refractivity contribution in [3.63, 3.8) is 0 Å². The summed E-state index contributed by atoms with van der Waals surface area (Å²) < 4.78 is 45.6. The quantitative estimate of drug-likeness (QED) is 0.501. The molecule has 0 radical (unpaired) electrons. The average molecular weight is 355 g/mol. The number of carboxylic acid groups (broad SMARTS) is 1. The molecule has 1 amide bonds. The lowest BCUT2D eigenvalue weighted by Gasteiger charge is -2.41. The van der Waals surface area contributed by atoms with Gasteiger partial charge in [-0.2, -0.15) is 0 Å². The number of nitrogens with zero attached hydrogens (tertiary/aromatic N) is 1. The van der Waals surface area contributed by atoms with Crippen LogP contribution in [-0.2, 0) is 14.3 Å². The van der Waals surface area contributed by atoms with E-state index in [0.29, 0.717) is 0 Å². The number of halogens is 3. The molecule has 2 rings (SSSR count). The molecule has 1 N–H and O–H groups in total. The molecule has 1 aliphatic heterocycles. The van der Waals surface area contributed by atoms with Gasteiger partial charge in [-0.1, -0.05) is 12.2 Å². The number of benzene rings is 1. The number of ether oxygens (including phenoxy) is 1. The maximum atomic E-state index is 13.6. The molecule has 1 saturated heterocycles. The Bertz CT molecular complexity index is 697. The minimum atomic E-state index is -1.60. The SMILES string of the molecule is C=CCC(=O)N1[C@@H](C=CC(=O)O)COC[C@H]1c1cc(F)c(F)c(F)c1. The summed E-state index contributed by atoms with van der Waals surface area (Å²) >= 11 is 0. The summed E-state index contributed by atoms with van der Waals surface area (Å²) in [5.41, 5.74) is 0.0160. The maximum absolute atomic E-state index is 13.6. The molecule has 0 aromatic heterocycles. The second-order valence-electron chi connectivity index (χ2n) is 5.41. The Morgan fingerprint density at radius 1 is 1.28 bits per heavy atom. The van der Waals surface area contributed by atoms with Crippen LogP contribution >= 0.6 is 0 Å². The number of carbonyl (C=O) groups is 2. The summed E-state index contributed by atoms with van der Waals surface area (Å²) in [6, 6.07) is -0.0545. The molecular formula is C17H16F3NO4. The zero-order chi connectivity index (χ0) is 18.6. The fourth-order valence-electron chi connectivity index (χ4n) is 2.65. The molecule has 5 nitrogen and oxygen atoms in total. The second-order valence-corrected chi connectivity index (χ2v) is 5.41. The minimum absolute atomic E-state index is 0.0160. The van der Waals surface area contributed by atoms with Gasteiger partial charge in [-0.15, -0.1) is 6.58 Å². The molecule has 0 aliphatic carbocycles. The van der Waals surface area contributed by atoms with Gasteiger partial charge >= 0.3 is 5.97 Å². The maximum Gasteiger partial charge on any atom is 0.328 e. The molecule has 1 aromatic rings. The van der Waals surface area contributed by atoms with Gasteiger partial charge in [0.2, 0.25) is 5.91 Å². The summed E-state index contributed by atoms with van der Waals surface area (Å²) in [6.45, 7) is 3.43. The van der Waals surface area contributed by atoms with Crippen LogP contribution in [0.1, 0.15) is 18.0 Å². The zero-order valence-corrected chi connectivity index (χ0v) is 13.1. The number of hydrogen-bond donors (Lipinski definition) is 1. The fraction of sp³-hybridized carbons (Fsp3) is 0.294. The molecule has 0 unspecified atom stereocenters. The molecule has 1 aromatic carbocycles. The standard InChI is InChI=1S/C17H16F3NO4/c1-2-3-15(22)21-11(4-5-16(23)24)8-25-9-14(21)10-6-12(18)17(20)13(19)7-10/h2,4-7,11,14H,1,3,8-9H2,(H,23,24)/t11-,14-/m0/s1. The third-order valence-corrected chi connectivity index (χ3v) is 3.72. The van der Waals surface area contributed by atoms with Crippen molar-refractivity contribution in [3.8, 4) is 0 Å². The van der Waals surface area contributed by atoms with Crippen molar-refractivity contribution in [1.29, 1.82) is 0 Å². The molecule has 0 spiro atoms. The Morgan fingerprint density at radius 2 is 1.92 bits per heavy atom. The Kier molecular flexibility index (Phi) is 5.97. The van der Waals surface area contributed by atoms with E-state index in [2.05, 4.69) is 6.58 Å². The van der Waals surface area contributed by atoms with E-state index in [1.807, 2.05) is 0 Å². The Hall–Kier alpha value is -2.61. The average Bonchev–Trinajstić information content (AvgIpc) is 2.57. The number of hydrogen-bond acceptors (Lipinski definition) is 3. The first kappa shape index (κ1) is 18.7. The Labute approximate surface area is 142 Å². The fourth-order valence-corrected chi connectivity index (χ4v) is 2.65. The zero-order valence-electron chi connectivity index (χ0n) is 13.1. The van der Waals surface area contributed by atoms with Crippen LogP contribution in [0.3, 0.4) is 0 Å². The molecule has 1 aliphatic rings. The van der Waals surface area contributed by atoms with Crippen molar-refractivity contribution in [2.45, 2.75) is 18.5 Å². The normalized spacial score (nSPS) is 20.7. The van der Waals surface area contributed by atoms with Crippen LogP contribution in [0.4, 0.5) is 13.2 Å². The highest BCUT2D eigenvalue weighted by Crippen LogP contribution is 2.30. The van der Waals surface area contributed by atoms with Crippen molar-refractivity contribution >= 4 is 11.9 Å². The van der Waals surface area contributed by atoms with Crippen molar-refractivity contribution in [3.05, 3.63) is 60.0 Å². The number of carbonyl (C=O) groups excluding carboxylic acids is 1. The summed E-state index contributed by atoms with van der Waals surface area (Å²) in [7, 11) is 0. The van der Waals surface area contributed by atoms with Gasteiger partial charge in [0, 0.05) is 12.5 Å². The second kappa shape index (κ2) is 7.98. The molecule has 25 heavy (non-hydrogen) atoms. The highest BCUT2D eigenvalue weighted by Gasteiger charge is 2.35. The number of morpholine rings is 1. The summed E-state index contributed by atoms with van der Waals surface area (Å²) in [6.07, 6.45) is 3.42. The number of aliphatic carboxylic acids is 1. The van der Waals surface area contributed by atoms with E-state index in [4.69, 9.17) is 9.84 Å². The first-order chi connectivity index (χ1) is 11.8. The Balaban J connectivity index is 2.44. The summed E-state index contributed by atoms with van der Waals surface area (Å²) in [5, 5.41) is 8.77. The van der Waals surface area contributed by atoms with Crippen LogP contribution in [-0.4, -0.2) is 41.1 Å². The summed E-state index contributed by atoms with van der Waals surface area (Å²) in [5.74, 6) is -6.00.